The van der Waals surface area contributed by atoms with Crippen LogP contribution in [0.1, 0.15) is 39.9 Å². The lowest BCUT2D eigenvalue weighted by molar-refractivity contribution is 0.102. The Morgan fingerprint density at radius 3 is 2.85 bits per heavy atom. The fourth-order valence-electron chi connectivity index (χ4n) is 2.06. The van der Waals surface area contributed by atoms with Crippen molar-refractivity contribution in [1.29, 1.82) is 0 Å². The van der Waals surface area contributed by atoms with E-state index in [9.17, 15) is 4.79 Å². The molecule has 1 atom stereocenters. The van der Waals surface area contributed by atoms with Crippen molar-refractivity contribution in [2.45, 2.75) is 25.9 Å². The third kappa shape index (κ3) is 2.86. The molecule has 5 nitrogen and oxygen atoms in total. The number of ether oxygens (including phenoxy) is 1. The van der Waals surface area contributed by atoms with Gasteiger partial charge in [-0.05, 0) is 31.9 Å². The van der Waals surface area contributed by atoms with Crippen LogP contribution in [0.5, 0.6) is 0 Å². The number of amides is 1. The molecule has 1 aliphatic heterocycles. The quantitative estimate of drug-likeness (QED) is 0.943. The Bertz CT molecular complexity index is 603. The van der Waals surface area contributed by atoms with Crippen LogP contribution in [-0.4, -0.2) is 22.7 Å². The highest BCUT2D eigenvalue weighted by molar-refractivity contribution is 7.15. The molecule has 2 aromatic rings. The molecule has 6 heteroatoms. The lowest BCUT2D eigenvalue weighted by atomic mass is 10.1. The highest BCUT2D eigenvalue weighted by Gasteiger charge is 2.22. The average molecular weight is 289 g/mol. The Hall–Kier alpha value is -1.79. The zero-order valence-corrected chi connectivity index (χ0v) is 11.9. The van der Waals surface area contributed by atoms with Gasteiger partial charge in [0.2, 0.25) is 5.13 Å². The molecule has 0 saturated carbocycles. The summed E-state index contributed by atoms with van der Waals surface area (Å²) in [5, 5.41) is 12.2. The first-order chi connectivity index (χ1) is 9.72. The highest BCUT2D eigenvalue weighted by atomic mass is 32.1. The summed E-state index contributed by atoms with van der Waals surface area (Å²) >= 11 is 1.38. The van der Waals surface area contributed by atoms with Gasteiger partial charge in [-0.2, -0.15) is 0 Å². The van der Waals surface area contributed by atoms with Gasteiger partial charge in [0.1, 0.15) is 11.1 Å². The number of nitrogens with zero attached hydrogens (tertiary/aromatic N) is 2. The second-order valence-corrected chi connectivity index (χ2v) is 5.78. The number of nitrogens with one attached hydrogen (secondary N) is 1. The molecule has 1 aromatic carbocycles. The van der Waals surface area contributed by atoms with Crippen molar-refractivity contribution < 1.29 is 9.53 Å². The van der Waals surface area contributed by atoms with E-state index in [1.54, 1.807) is 12.1 Å². The number of benzene rings is 1. The van der Waals surface area contributed by atoms with E-state index in [0.717, 1.165) is 30.0 Å². The van der Waals surface area contributed by atoms with Crippen LogP contribution in [0, 0.1) is 6.92 Å². The zero-order valence-electron chi connectivity index (χ0n) is 11.1. The number of anilines is 1. The highest BCUT2D eigenvalue weighted by Crippen LogP contribution is 2.31. The Morgan fingerprint density at radius 2 is 2.15 bits per heavy atom. The standard InChI is InChI=1S/C14H15N3O2S/c1-9-4-6-10(7-5-9)12(18)15-14-17-16-13(20-14)11-3-2-8-19-11/h4-7,11H,2-3,8H2,1H3,(H,15,17,18)/t11-/m1/s1. The van der Waals surface area contributed by atoms with Crippen LogP contribution in [0.4, 0.5) is 5.13 Å². The maximum absolute atomic E-state index is 12.1. The fraction of sp³-hybridized carbons (Fsp3) is 0.357. The summed E-state index contributed by atoms with van der Waals surface area (Å²) < 4.78 is 5.55. The molecule has 1 fully saturated rings. The third-order valence-corrected chi connectivity index (χ3v) is 4.11. The first-order valence-corrected chi connectivity index (χ1v) is 7.37. The van der Waals surface area contributed by atoms with Gasteiger partial charge in [-0.25, -0.2) is 0 Å². The topological polar surface area (TPSA) is 64.1 Å². The molecule has 1 amide bonds. The number of hydrogen-bond acceptors (Lipinski definition) is 5. The maximum Gasteiger partial charge on any atom is 0.257 e. The Labute approximate surface area is 121 Å². The molecule has 1 aromatic heterocycles. The molecule has 104 valence electrons. The molecule has 20 heavy (non-hydrogen) atoms. The van der Waals surface area contributed by atoms with E-state index in [1.165, 1.54) is 11.3 Å². The number of hydrogen-bond donors (Lipinski definition) is 1. The second-order valence-electron chi connectivity index (χ2n) is 4.77. The van der Waals surface area contributed by atoms with Crippen molar-refractivity contribution in [1.82, 2.24) is 10.2 Å². The van der Waals surface area contributed by atoms with E-state index >= 15 is 0 Å². The predicted octanol–water partition coefficient (Wildman–Crippen LogP) is 2.95. The lowest BCUT2D eigenvalue weighted by Crippen LogP contribution is -2.11. The van der Waals surface area contributed by atoms with Crippen molar-refractivity contribution in [3.05, 3.63) is 40.4 Å². The number of aromatic nitrogens is 2. The van der Waals surface area contributed by atoms with Gasteiger partial charge >= 0.3 is 0 Å². The van der Waals surface area contributed by atoms with E-state index < -0.39 is 0 Å². The molecule has 0 radical (unpaired) electrons. The minimum absolute atomic E-state index is 0.0394. The van der Waals surface area contributed by atoms with Gasteiger partial charge in [0.25, 0.3) is 5.91 Å². The predicted molar refractivity (Wildman–Crippen MR) is 77.0 cm³/mol. The normalized spacial score (nSPS) is 18.1. The summed E-state index contributed by atoms with van der Waals surface area (Å²) in [6.45, 7) is 2.76. The molecule has 1 saturated heterocycles. The van der Waals surface area contributed by atoms with Crippen molar-refractivity contribution in [3.63, 3.8) is 0 Å². The smallest absolute Gasteiger partial charge is 0.257 e. The average Bonchev–Trinajstić information content (AvgIpc) is 3.09. The van der Waals surface area contributed by atoms with E-state index in [4.69, 9.17) is 4.74 Å². The summed E-state index contributed by atoms with van der Waals surface area (Å²) in [6, 6.07) is 7.42. The Balaban J connectivity index is 1.68. The minimum atomic E-state index is -0.167. The van der Waals surface area contributed by atoms with E-state index in [0.29, 0.717) is 10.7 Å². The van der Waals surface area contributed by atoms with Crippen molar-refractivity contribution in [2.75, 3.05) is 11.9 Å². The zero-order chi connectivity index (χ0) is 13.9. The number of carbonyl (C=O) groups is 1. The molecular formula is C14H15N3O2S. The molecule has 1 aliphatic rings. The summed E-state index contributed by atoms with van der Waals surface area (Å²) in [6.07, 6.45) is 2.06. The SMILES string of the molecule is Cc1ccc(C(=O)Nc2nnc([C@H]3CCCO3)s2)cc1. The van der Waals surface area contributed by atoms with Gasteiger partial charge in [-0.1, -0.05) is 29.0 Å². The van der Waals surface area contributed by atoms with Crippen LogP contribution in [0.3, 0.4) is 0 Å². The number of carbonyl (C=O) groups excluding carboxylic acids is 1. The lowest BCUT2D eigenvalue weighted by Gasteiger charge is -2.03. The third-order valence-electron chi connectivity index (χ3n) is 3.18. The summed E-state index contributed by atoms with van der Waals surface area (Å²) in [5.74, 6) is -0.167. The van der Waals surface area contributed by atoms with Gasteiger partial charge < -0.3 is 4.74 Å². The Kier molecular flexibility index (Phi) is 3.75. The van der Waals surface area contributed by atoms with Crippen LogP contribution in [-0.2, 0) is 4.74 Å². The molecule has 1 N–H and O–H groups in total. The van der Waals surface area contributed by atoms with Gasteiger partial charge in [-0.3, -0.25) is 10.1 Å². The van der Waals surface area contributed by atoms with E-state index in [2.05, 4.69) is 15.5 Å². The molecular weight excluding hydrogens is 274 g/mol. The van der Waals surface area contributed by atoms with Crippen LogP contribution >= 0.6 is 11.3 Å². The van der Waals surface area contributed by atoms with Crippen molar-refractivity contribution in [3.8, 4) is 0 Å². The van der Waals surface area contributed by atoms with Gasteiger partial charge in [0.15, 0.2) is 0 Å². The second kappa shape index (κ2) is 5.68. The summed E-state index contributed by atoms with van der Waals surface area (Å²) in [4.78, 5) is 12.1. The molecule has 0 spiro atoms. The number of rotatable bonds is 3. The van der Waals surface area contributed by atoms with E-state index in [-0.39, 0.29) is 12.0 Å². The molecule has 2 heterocycles. The summed E-state index contributed by atoms with van der Waals surface area (Å²) in [7, 11) is 0. The van der Waals surface area contributed by atoms with Crippen LogP contribution in [0.15, 0.2) is 24.3 Å². The van der Waals surface area contributed by atoms with Gasteiger partial charge in [-0.15, -0.1) is 10.2 Å². The fourth-order valence-corrected chi connectivity index (χ4v) is 2.88. The molecule has 0 unspecified atom stereocenters. The monoisotopic (exact) mass is 289 g/mol. The van der Waals surface area contributed by atoms with Crippen LogP contribution in [0.2, 0.25) is 0 Å². The van der Waals surface area contributed by atoms with Crippen molar-refractivity contribution in [2.24, 2.45) is 0 Å². The first kappa shape index (κ1) is 13.2. The Morgan fingerprint density at radius 1 is 1.35 bits per heavy atom. The van der Waals surface area contributed by atoms with Gasteiger partial charge in [0, 0.05) is 12.2 Å². The van der Waals surface area contributed by atoms with Crippen LogP contribution < -0.4 is 5.32 Å². The van der Waals surface area contributed by atoms with Crippen LogP contribution in [0.25, 0.3) is 0 Å². The summed E-state index contributed by atoms with van der Waals surface area (Å²) in [5.41, 5.74) is 1.74. The largest absolute Gasteiger partial charge is 0.371 e. The first-order valence-electron chi connectivity index (χ1n) is 6.55. The molecule has 0 aliphatic carbocycles. The number of aryl methyl sites for hydroxylation is 1. The minimum Gasteiger partial charge on any atom is -0.371 e. The van der Waals surface area contributed by atoms with Gasteiger partial charge in [0.05, 0.1) is 0 Å². The van der Waals surface area contributed by atoms with E-state index in [1.807, 2.05) is 19.1 Å². The molecule has 3 rings (SSSR count). The molecule has 0 bridgehead atoms. The van der Waals surface area contributed by atoms with Crippen molar-refractivity contribution >= 4 is 22.4 Å². The maximum atomic E-state index is 12.1.